The van der Waals surface area contributed by atoms with E-state index < -0.39 is 0 Å². The van der Waals surface area contributed by atoms with Crippen molar-refractivity contribution in [3.8, 4) is 5.75 Å². The van der Waals surface area contributed by atoms with Crippen LogP contribution >= 0.6 is 12.2 Å². The second-order valence-corrected chi connectivity index (χ2v) is 5.65. The summed E-state index contributed by atoms with van der Waals surface area (Å²) in [5, 5.41) is 0. The summed E-state index contributed by atoms with van der Waals surface area (Å²) in [6, 6.07) is 7.16. The van der Waals surface area contributed by atoms with Crippen molar-refractivity contribution in [1.29, 1.82) is 0 Å². The van der Waals surface area contributed by atoms with Gasteiger partial charge in [-0.15, -0.1) is 0 Å². The van der Waals surface area contributed by atoms with Gasteiger partial charge in [-0.1, -0.05) is 18.3 Å². The summed E-state index contributed by atoms with van der Waals surface area (Å²) in [5.74, 6) is 0.629. The predicted octanol–water partition coefficient (Wildman–Crippen LogP) is 2.61. The molecule has 4 nitrogen and oxygen atoms in total. The first-order chi connectivity index (χ1) is 9.31. The second-order valence-electron chi connectivity index (χ2n) is 5.13. The molecule has 110 valence electrons. The maximum atomic E-state index is 12.4. The monoisotopic (exact) mass is 294 g/mol. The highest BCUT2D eigenvalue weighted by Gasteiger charge is 2.18. The normalized spacial score (nSPS) is 12.1. The molecule has 0 saturated carbocycles. The molecule has 0 fully saturated rings. The van der Waals surface area contributed by atoms with Crippen molar-refractivity contribution < 1.29 is 9.53 Å². The van der Waals surface area contributed by atoms with Crippen LogP contribution in [0.25, 0.3) is 0 Å². The van der Waals surface area contributed by atoms with Gasteiger partial charge in [0.05, 0.1) is 11.1 Å². The molecule has 0 saturated heterocycles. The molecule has 1 unspecified atom stereocenters. The first-order valence-corrected chi connectivity index (χ1v) is 7.04. The van der Waals surface area contributed by atoms with Crippen LogP contribution in [0.1, 0.15) is 37.6 Å². The lowest BCUT2D eigenvalue weighted by Crippen LogP contribution is -2.37. The van der Waals surface area contributed by atoms with Gasteiger partial charge in [-0.05, 0) is 39.0 Å². The van der Waals surface area contributed by atoms with Crippen LogP contribution < -0.4 is 10.5 Å². The van der Waals surface area contributed by atoms with Crippen LogP contribution in [0.5, 0.6) is 5.75 Å². The molecule has 0 aliphatic carbocycles. The molecule has 1 aromatic carbocycles. The van der Waals surface area contributed by atoms with Gasteiger partial charge >= 0.3 is 0 Å². The molecule has 0 bridgehead atoms. The number of carbonyl (C=O) groups excluding carboxylic acids is 1. The van der Waals surface area contributed by atoms with Crippen molar-refractivity contribution in [1.82, 2.24) is 4.90 Å². The third kappa shape index (κ3) is 4.81. The molecule has 0 aliphatic rings. The van der Waals surface area contributed by atoms with Gasteiger partial charge in [0.2, 0.25) is 0 Å². The Kier molecular flexibility index (Phi) is 5.95. The average Bonchev–Trinajstić information content (AvgIpc) is 2.35. The van der Waals surface area contributed by atoms with E-state index in [4.69, 9.17) is 22.7 Å². The van der Waals surface area contributed by atoms with Gasteiger partial charge < -0.3 is 15.4 Å². The molecular formula is C15H22N2O2S. The van der Waals surface area contributed by atoms with E-state index in [2.05, 4.69) is 0 Å². The van der Waals surface area contributed by atoms with E-state index in [1.807, 2.05) is 32.9 Å². The molecule has 2 N–H and O–H groups in total. The number of amides is 1. The van der Waals surface area contributed by atoms with E-state index in [1.165, 1.54) is 0 Å². The summed E-state index contributed by atoms with van der Waals surface area (Å²) in [7, 11) is 1.75. The fourth-order valence-electron chi connectivity index (χ4n) is 1.81. The summed E-state index contributed by atoms with van der Waals surface area (Å²) in [6.45, 7) is 5.82. The highest BCUT2D eigenvalue weighted by molar-refractivity contribution is 7.80. The van der Waals surface area contributed by atoms with Crippen molar-refractivity contribution in [2.45, 2.75) is 39.3 Å². The molecule has 0 aliphatic heterocycles. The van der Waals surface area contributed by atoms with Gasteiger partial charge in [0.25, 0.3) is 5.91 Å². The Labute approximate surface area is 125 Å². The van der Waals surface area contributed by atoms with E-state index in [0.29, 0.717) is 22.7 Å². The summed E-state index contributed by atoms with van der Waals surface area (Å²) in [6.07, 6.45) is 0.589. The number of thiocarbonyl (C=S) groups is 1. The smallest absolute Gasteiger partial charge is 0.253 e. The lowest BCUT2D eigenvalue weighted by molar-refractivity contribution is 0.0747. The topological polar surface area (TPSA) is 55.6 Å². The largest absolute Gasteiger partial charge is 0.491 e. The van der Waals surface area contributed by atoms with Crippen LogP contribution in [0.4, 0.5) is 0 Å². The standard InChI is InChI=1S/C15H22N2O2S/c1-10(2)19-13-7-5-6-12(9-13)15(18)17(4)11(3)8-14(16)20/h5-7,9-11H,8H2,1-4H3,(H2,16,20). The lowest BCUT2D eigenvalue weighted by Gasteiger charge is -2.25. The summed E-state index contributed by atoms with van der Waals surface area (Å²) < 4.78 is 5.60. The van der Waals surface area contributed by atoms with E-state index in [1.54, 1.807) is 24.1 Å². The molecule has 1 rings (SSSR count). The zero-order valence-corrected chi connectivity index (χ0v) is 13.2. The number of hydrogen-bond acceptors (Lipinski definition) is 3. The average molecular weight is 294 g/mol. The number of carbonyl (C=O) groups is 1. The molecule has 1 amide bonds. The molecule has 5 heteroatoms. The van der Waals surface area contributed by atoms with Crippen LogP contribution in [0.2, 0.25) is 0 Å². The van der Waals surface area contributed by atoms with Crippen molar-refractivity contribution in [3.05, 3.63) is 29.8 Å². The van der Waals surface area contributed by atoms with Crippen molar-refractivity contribution in [2.75, 3.05) is 7.05 Å². The SMILES string of the molecule is CC(C)Oc1cccc(C(=O)N(C)C(C)CC(N)=S)c1. The van der Waals surface area contributed by atoms with E-state index >= 15 is 0 Å². The molecular weight excluding hydrogens is 272 g/mol. The molecule has 1 atom stereocenters. The molecule has 1 aromatic rings. The van der Waals surface area contributed by atoms with E-state index in [0.717, 1.165) is 0 Å². The van der Waals surface area contributed by atoms with Crippen molar-refractivity contribution in [3.63, 3.8) is 0 Å². The van der Waals surface area contributed by atoms with Gasteiger partial charge in [0.15, 0.2) is 0 Å². The van der Waals surface area contributed by atoms with E-state index in [9.17, 15) is 4.79 Å². The third-order valence-corrected chi connectivity index (χ3v) is 3.10. The Morgan fingerprint density at radius 3 is 2.60 bits per heavy atom. The van der Waals surface area contributed by atoms with Crippen molar-refractivity contribution in [2.24, 2.45) is 5.73 Å². The zero-order valence-electron chi connectivity index (χ0n) is 12.4. The maximum Gasteiger partial charge on any atom is 0.253 e. The molecule has 0 spiro atoms. The Morgan fingerprint density at radius 1 is 1.40 bits per heavy atom. The summed E-state index contributed by atoms with van der Waals surface area (Å²) >= 11 is 4.88. The fourth-order valence-corrected chi connectivity index (χ4v) is 2.05. The minimum absolute atomic E-state index is 0.0327. The summed E-state index contributed by atoms with van der Waals surface area (Å²) in [4.78, 5) is 14.4. The van der Waals surface area contributed by atoms with Crippen LogP contribution in [-0.2, 0) is 0 Å². The Morgan fingerprint density at radius 2 is 2.05 bits per heavy atom. The molecule has 20 heavy (non-hydrogen) atoms. The van der Waals surface area contributed by atoms with Gasteiger partial charge in [0.1, 0.15) is 5.75 Å². The number of benzene rings is 1. The third-order valence-electron chi connectivity index (χ3n) is 2.93. The number of rotatable bonds is 6. The zero-order chi connectivity index (χ0) is 15.3. The van der Waals surface area contributed by atoms with Gasteiger partial charge in [0, 0.05) is 25.1 Å². The Bertz CT molecular complexity index is 489. The second kappa shape index (κ2) is 7.24. The quantitative estimate of drug-likeness (QED) is 0.819. The number of nitrogens with zero attached hydrogens (tertiary/aromatic N) is 1. The predicted molar refractivity (Wildman–Crippen MR) is 85.2 cm³/mol. The fraction of sp³-hybridized carbons (Fsp3) is 0.467. The van der Waals surface area contributed by atoms with Crippen LogP contribution in [0.3, 0.4) is 0 Å². The van der Waals surface area contributed by atoms with Gasteiger partial charge in [-0.3, -0.25) is 4.79 Å². The highest BCUT2D eigenvalue weighted by atomic mass is 32.1. The minimum Gasteiger partial charge on any atom is -0.491 e. The molecule has 0 aromatic heterocycles. The van der Waals surface area contributed by atoms with Gasteiger partial charge in [-0.2, -0.15) is 0 Å². The van der Waals surface area contributed by atoms with Crippen molar-refractivity contribution >= 4 is 23.1 Å². The first kappa shape index (κ1) is 16.4. The van der Waals surface area contributed by atoms with Crippen LogP contribution in [-0.4, -0.2) is 35.0 Å². The first-order valence-electron chi connectivity index (χ1n) is 6.63. The van der Waals surface area contributed by atoms with E-state index in [-0.39, 0.29) is 18.1 Å². The number of ether oxygens (including phenoxy) is 1. The Balaban J connectivity index is 2.83. The lowest BCUT2D eigenvalue weighted by atomic mass is 10.1. The minimum atomic E-state index is -0.0667. The maximum absolute atomic E-state index is 12.4. The molecule has 0 heterocycles. The van der Waals surface area contributed by atoms with Gasteiger partial charge in [-0.25, -0.2) is 0 Å². The number of hydrogen-bond donors (Lipinski definition) is 1. The Hall–Kier alpha value is -1.62. The van der Waals surface area contributed by atoms with Crippen LogP contribution in [0, 0.1) is 0 Å². The summed E-state index contributed by atoms with van der Waals surface area (Å²) in [5.41, 5.74) is 6.12. The molecule has 0 radical (unpaired) electrons. The number of nitrogens with two attached hydrogens (primary N) is 1. The highest BCUT2D eigenvalue weighted by Crippen LogP contribution is 2.17. The van der Waals surface area contributed by atoms with Crippen LogP contribution in [0.15, 0.2) is 24.3 Å².